The molecule has 2 aromatic heterocycles. The molecule has 0 aliphatic rings. The topological polar surface area (TPSA) is 64.0 Å². The molecule has 0 aliphatic heterocycles. The number of carbonyl (C=O) groups excluding carboxylic acids is 1. The van der Waals surface area contributed by atoms with Crippen molar-refractivity contribution in [3.8, 4) is 11.1 Å². The molecule has 5 nitrogen and oxygen atoms in total. The third kappa shape index (κ3) is 4.54. The summed E-state index contributed by atoms with van der Waals surface area (Å²) in [6.07, 6.45) is -3.39. The Morgan fingerprint density at radius 2 is 1.96 bits per heavy atom. The van der Waals surface area contributed by atoms with Crippen molar-refractivity contribution in [1.82, 2.24) is 14.9 Å². The molecule has 1 aromatic carbocycles. The van der Waals surface area contributed by atoms with Crippen molar-refractivity contribution >= 4 is 27.5 Å². The van der Waals surface area contributed by atoms with E-state index in [1.54, 1.807) is 5.32 Å². The second-order valence-corrected chi connectivity index (χ2v) is 6.94. The van der Waals surface area contributed by atoms with E-state index in [0.29, 0.717) is 10.2 Å². The van der Waals surface area contributed by atoms with E-state index in [1.807, 2.05) is 36.6 Å². The maximum atomic E-state index is 12.8. The Kier molecular flexibility index (Phi) is 5.31. The van der Waals surface area contributed by atoms with E-state index in [-0.39, 0.29) is 18.5 Å². The van der Waals surface area contributed by atoms with Crippen molar-refractivity contribution in [3.63, 3.8) is 0 Å². The van der Waals surface area contributed by atoms with Crippen LogP contribution in [0.1, 0.15) is 12.0 Å². The van der Waals surface area contributed by atoms with Crippen molar-refractivity contribution in [1.29, 1.82) is 0 Å². The standard InChI is InChI=1S/C18H16F3N3O2S/c1-11-2-4-12(5-3-11)13-8-27-16-15(13)17(26)24(10-23-16)7-6-14(25)22-9-18(19,20)21/h2-5,8,10H,6-7,9H2,1H3,(H,22,25). The van der Waals surface area contributed by atoms with Crippen molar-refractivity contribution in [2.75, 3.05) is 6.54 Å². The summed E-state index contributed by atoms with van der Waals surface area (Å²) in [4.78, 5) is 29.2. The van der Waals surface area contributed by atoms with Crippen LogP contribution in [0.15, 0.2) is 40.8 Å². The van der Waals surface area contributed by atoms with Gasteiger partial charge in [0.1, 0.15) is 11.4 Å². The van der Waals surface area contributed by atoms with Crippen LogP contribution in [-0.2, 0) is 11.3 Å². The number of nitrogens with one attached hydrogen (secondary N) is 1. The summed E-state index contributed by atoms with van der Waals surface area (Å²) in [6.45, 7) is 0.530. The largest absolute Gasteiger partial charge is 0.405 e. The zero-order valence-corrected chi connectivity index (χ0v) is 15.2. The molecule has 0 atom stereocenters. The van der Waals surface area contributed by atoms with E-state index in [4.69, 9.17) is 0 Å². The number of hydrogen-bond acceptors (Lipinski definition) is 4. The number of rotatable bonds is 5. The van der Waals surface area contributed by atoms with Gasteiger partial charge in [-0.25, -0.2) is 4.98 Å². The molecule has 1 N–H and O–H groups in total. The predicted octanol–water partition coefficient (Wildman–Crippen LogP) is 3.50. The van der Waals surface area contributed by atoms with Crippen LogP contribution in [0.3, 0.4) is 0 Å². The summed E-state index contributed by atoms with van der Waals surface area (Å²) in [7, 11) is 0. The average Bonchev–Trinajstić information content (AvgIpc) is 3.04. The molecule has 3 rings (SSSR count). The predicted molar refractivity (Wildman–Crippen MR) is 97.7 cm³/mol. The van der Waals surface area contributed by atoms with Crippen molar-refractivity contribution in [3.05, 3.63) is 51.9 Å². The van der Waals surface area contributed by atoms with E-state index in [2.05, 4.69) is 4.98 Å². The molecule has 0 saturated carbocycles. The molecular formula is C18H16F3N3O2S. The smallest absolute Gasteiger partial charge is 0.347 e. The number of thiophene rings is 1. The number of alkyl halides is 3. The maximum Gasteiger partial charge on any atom is 0.405 e. The van der Waals surface area contributed by atoms with Crippen LogP contribution in [0.5, 0.6) is 0 Å². The fourth-order valence-electron chi connectivity index (χ4n) is 2.58. The molecule has 0 saturated heterocycles. The molecule has 0 radical (unpaired) electrons. The van der Waals surface area contributed by atoms with Gasteiger partial charge in [-0.1, -0.05) is 29.8 Å². The molecule has 142 valence electrons. The van der Waals surface area contributed by atoms with E-state index in [9.17, 15) is 22.8 Å². The summed E-state index contributed by atoms with van der Waals surface area (Å²) in [6, 6.07) is 7.72. The summed E-state index contributed by atoms with van der Waals surface area (Å²) < 4.78 is 37.7. The molecule has 0 unspecified atom stereocenters. The summed E-state index contributed by atoms with van der Waals surface area (Å²) in [5.74, 6) is -0.775. The Morgan fingerprint density at radius 3 is 2.63 bits per heavy atom. The minimum Gasteiger partial charge on any atom is -0.347 e. The van der Waals surface area contributed by atoms with Crippen LogP contribution in [0.2, 0.25) is 0 Å². The lowest BCUT2D eigenvalue weighted by molar-refractivity contribution is -0.138. The van der Waals surface area contributed by atoms with Gasteiger partial charge in [0, 0.05) is 23.9 Å². The fourth-order valence-corrected chi connectivity index (χ4v) is 3.49. The number of benzene rings is 1. The third-order valence-electron chi connectivity index (χ3n) is 3.99. The van der Waals surface area contributed by atoms with Gasteiger partial charge in [-0.3, -0.25) is 14.2 Å². The summed E-state index contributed by atoms with van der Waals surface area (Å²) in [5.41, 5.74) is 2.41. The second-order valence-electron chi connectivity index (χ2n) is 6.08. The van der Waals surface area contributed by atoms with Crippen LogP contribution in [0, 0.1) is 6.92 Å². The zero-order chi connectivity index (χ0) is 19.6. The first-order valence-corrected chi connectivity index (χ1v) is 9.00. The Hall–Kier alpha value is -2.68. The third-order valence-corrected chi connectivity index (χ3v) is 4.88. The highest BCUT2D eigenvalue weighted by Gasteiger charge is 2.27. The number of aromatic nitrogens is 2. The van der Waals surface area contributed by atoms with Crippen molar-refractivity contribution in [2.45, 2.75) is 26.1 Å². The first kappa shape index (κ1) is 19.1. The van der Waals surface area contributed by atoms with E-state index >= 15 is 0 Å². The van der Waals surface area contributed by atoms with E-state index in [1.165, 1.54) is 22.2 Å². The molecule has 9 heteroatoms. The van der Waals surface area contributed by atoms with E-state index < -0.39 is 18.6 Å². The first-order valence-electron chi connectivity index (χ1n) is 8.12. The van der Waals surface area contributed by atoms with Gasteiger partial charge in [0.2, 0.25) is 5.91 Å². The molecule has 2 heterocycles. The van der Waals surface area contributed by atoms with Gasteiger partial charge in [-0.05, 0) is 12.5 Å². The highest BCUT2D eigenvalue weighted by atomic mass is 32.1. The number of hydrogen-bond donors (Lipinski definition) is 1. The van der Waals surface area contributed by atoms with Gasteiger partial charge in [0.25, 0.3) is 5.56 Å². The summed E-state index contributed by atoms with van der Waals surface area (Å²) >= 11 is 1.34. The lowest BCUT2D eigenvalue weighted by atomic mass is 10.1. The zero-order valence-electron chi connectivity index (χ0n) is 14.3. The van der Waals surface area contributed by atoms with Gasteiger partial charge in [0.15, 0.2) is 0 Å². The summed E-state index contributed by atoms with van der Waals surface area (Å²) in [5, 5.41) is 4.09. The highest BCUT2D eigenvalue weighted by molar-refractivity contribution is 7.17. The second kappa shape index (κ2) is 7.51. The Bertz CT molecular complexity index is 1020. The fraction of sp³-hybridized carbons (Fsp3) is 0.278. The van der Waals surface area contributed by atoms with Gasteiger partial charge >= 0.3 is 6.18 Å². The minimum absolute atomic E-state index is 0.0470. The van der Waals surface area contributed by atoms with Crippen LogP contribution < -0.4 is 10.9 Å². The quantitative estimate of drug-likeness (QED) is 0.719. The first-order chi connectivity index (χ1) is 12.7. The molecule has 3 aromatic rings. The molecular weight excluding hydrogens is 379 g/mol. The van der Waals surface area contributed by atoms with Crippen molar-refractivity contribution in [2.24, 2.45) is 0 Å². The average molecular weight is 395 g/mol. The Labute approximate surface area is 156 Å². The number of halogens is 3. The lowest BCUT2D eigenvalue weighted by Gasteiger charge is -2.09. The molecule has 27 heavy (non-hydrogen) atoms. The monoisotopic (exact) mass is 395 g/mol. The van der Waals surface area contributed by atoms with Crippen LogP contribution in [0.25, 0.3) is 21.3 Å². The number of amides is 1. The molecule has 0 aliphatic carbocycles. The highest BCUT2D eigenvalue weighted by Crippen LogP contribution is 2.30. The lowest BCUT2D eigenvalue weighted by Crippen LogP contribution is -2.34. The number of fused-ring (bicyclic) bond motifs is 1. The Morgan fingerprint density at radius 1 is 1.26 bits per heavy atom. The maximum absolute atomic E-state index is 12.8. The van der Waals surface area contributed by atoms with E-state index in [0.717, 1.165) is 16.7 Å². The van der Waals surface area contributed by atoms with Gasteiger partial charge in [-0.2, -0.15) is 13.2 Å². The SMILES string of the molecule is Cc1ccc(-c2csc3ncn(CCC(=O)NCC(F)(F)F)c(=O)c23)cc1. The van der Waals surface area contributed by atoms with Crippen LogP contribution in [0.4, 0.5) is 13.2 Å². The molecule has 1 amide bonds. The van der Waals surface area contributed by atoms with Gasteiger partial charge in [0.05, 0.1) is 11.7 Å². The minimum atomic E-state index is -4.47. The number of nitrogens with zero attached hydrogens (tertiary/aromatic N) is 2. The molecule has 0 spiro atoms. The number of carbonyl (C=O) groups is 1. The van der Waals surface area contributed by atoms with Gasteiger partial charge < -0.3 is 5.32 Å². The molecule has 0 bridgehead atoms. The van der Waals surface area contributed by atoms with Gasteiger partial charge in [-0.15, -0.1) is 11.3 Å². The Balaban J connectivity index is 1.83. The van der Waals surface area contributed by atoms with Crippen LogP contribution in [-0.4, -0.2) is 28.2 Å². The molecule has 0 fully saturated rings. The normalized spacial score (nSPS) is 11.7. The van der Waals surface area contributed by atoms with Crippen LogP contribution >= 0.6 is 11.3 Å². The van der Waals surface area contributed by atoms with Crippen molar-refractivity contribution < 1.29 is 18.0 Å². The number of aryl methyl sites for hydroxylation is 2.